The van der Waals surface area contributed by atoms with Crippen LogP contribution in [0.1, 0.15) is 11.8 Å². The zero-order valence-electron chi connectivity index (χ0n) is 9.23. The van der Waals surface area contributed by atoms with Crippen LogP contribution in [0.4, 0.5) is 0 Å². The predicted octanol–water partition coefficient (Wildman–Crippen LogP) is 3.56. The standard InChI is InChI=1S/C12H15NOS2/c1-2-13-9-14-8-10-5-6-12(16-10)11-4-3-7-15-11/h3-7,13H,2,8-9H2,1H3. The second-order valence-corrected chi connectivity index (χ2v) is 5.46. The van der Waals surface area contributed by atoms with Gasteiger partial charge in [0.1, 0.15) is 0 Å². The molecular formula is C12H15NOS2. The third-order valence-electron chi connectivity index (χ3n) is 2.12. The molecular weight excluding hydrogens is 238 g/mol. The molecule has 0 saturated carbocycles. The van der Waals surface area contributed by atoms with Crippen LogP contribution >= 0.6 is 22.7 Å². The second-order valence-electron chi connectivity index (χ2n) is 3.34. The molecule has 0 aliphatic heterocycles. The Bertz CT molecular complexity index is 408. The van der Waals surface area contributed by atoms with Gasteiger partial charge in [-0.3, -0.25) is 5.32 Å². The summed E-state index contributed by atoms with van der Waals surface area (Å²) in [7, 11) is 0. The van der Waals surface area contributed by atoms with E-state index in [9.17, 15) is 0 Å². The van der Waals surface area contributed by atoms with Crippen molar-refractivity contribution in [3.63, 3.8) is 0 Å². The molecule has 86 valence electrons. The highest BCUT2D eigenvalue weighted by molar-refractivity contribution is 7.21. The zero-order chi connectivity index (χ0) is 11.2. The maximum atomic E-state index is 5.49. The van der Waals surface area contributed by atoms with Gasteiger partial charge in [0.05, 0.1) is 13.3 Å². The number of rotatable bonds is 6. The van der Waals surface area contributed by atoms with Gasteiger partial charge >= 0.3 is 0 Å². The second kappa shape index (κ2) is 6.15. The molecule has 0 unspecified atom stereocenters. The van der Waals surface area contributed by atoms with Crippen molar-refractivity contribution in [1.29, 1.82) is 0 Å². The van der Waals surface area contributed by atoms with Crippen molar-refractivity contribution >= 4 is 22.7 Å². The van der Waals surface area contributed by atoms with Gasteiger partial charge in [0, 0.05) is 14.6 Å². The average molecular weight is 253 g/mol. The Hall–Kier alpha value is -0.680. The van der Waals surface area contributed by atoms with Gasteiger partial charge in [-0.2, -0.15) is 0 Å². The van der Waals surface area contributed by atoms with Gasteiger partial charge in [-0.1, -0.05) is 13.0 Å². The van der Waals surface area contributed by atoms with Crippen LogP contribution in [0.2, 0.25) is 0 Å². The van der Waals surface area contributed by atoms with Gasteiger partial charge in [0.25, 0.3) is 0 Å². The van der Waals surface area contributed by atoms with Gasteiger partial charge in [-0.15, -0.1) is 22.7 Å². The first-order valence-corrected chi connectivity index (χ1v) is 7.01. The average Bonchev–Trinajstić information content (AvgIpc) is 2.94. The predicted molar refractivity (Wildman–Crippen MR) is 71.0 cm³/mol. The van der Waals surface area contributed by atoms with E-state index < -0.39 is 0 Å². The summed E-state index contributed by atoms with van der Waals surface area (Å²) >= 11 is 3.58. The first kappa shape index (κ1) is 11.8. The molecule has 0 amide bonds. The molecule has 0 spiro atoms. The van der Waals surface area contributed by atoms with E-state index in [-0.39, 0.29) is 0 Å². The highest BCUT2D eigenvalue weighted by atomic mass is 32.1. The Morgan fingerprint density at radius 3 is 2.94 bits per heavy atom. The minimum absolute atomic E-state index is 0.628. The molecule has 0 aromatic carbocycles. The van der Waals surface area contributed by atoms with E-state index in [1.54, 1.807) is 22.7 Å². The van der Waals surface area contributed by atoms with Crippen LogP contribution in [0, 0.1) is 0 Å². The van der Waals surface area contributed by atoms with E-state index in [4.69, 9.17) is 4.74 Å². The van der Waals surface area contributed by atoms with Crippen LogP contribution in [0.25, 0.3) is 9.75 Å². The Kier molecular flexibility index (Phi) is 4.54. The lowest BCUT2D eigenvalue weighted by molar-refractivity contribution is 0.107. The minimum Gasteiger partial charge on any atom is -0.361 e. The molecule has 0 bridgehead atoms. The van der Waals surface area contributed by atoms with Crippen molar-refractivity contribution in [1.82, 2.24) is 5.32 Å². The molecule has 2 rings (SSSR count). The molecule has 2 aromatic rings. The Morgan fingerprint density at radius 1 is 1.25 bits per heavy atom. The summed E-state index contributed by atoms with van der Waals surface area (Å²) in [4.78, 5) is 3.95. The smallest absolute Gasteiger partial charge is 0.0970 e. The SMILES string of the molecule is CCNCOCc1ccc(-c2cccs2)s1. The summed E-state index contributed by atoms with van der Waals surface area (Å²) in [5, 5.41) is 5.24. The molecule has 0 aliphatic rings. The largest absolute Gasteiger partial charge is 0.361 e. The lowest BCUT2D eigenvalue weighted by Gasteiger charge is -2.01. The molecule has 2 heterocycles. The topological polar surface area (TPSA) is 21.3 Å². The summed E-state index contributed by atoms with van der Waals surface area (Å²) in [6, 6.07) is 8.55. The molecule has 16 heavy (non-hydrogen) atoms. The van der Waals surface area contributed by atoms with Crippen molar-refractivity contribution in [2.45, 2.75) is 13.5 Å². The molecule has 1 N–H and O–H groups in total. The fourth-order valence-electron chi connectivity index (χ4n) is 1.33. The van der Waals surface area contributed by atoms with Crippen molar-refractivity contribution < 1.29 is 4.74 Å². The molecule has 2 aromatic heterocycles. The normalized spacial score (nSPS) is 10.8. The van der Waals surface area contributed by atoms with Gasteiger partial charge < -0.3 is 4.74 Å². The van der Waals surface area contributed by atoms with E-state index >= 15 is 0 Å². The van der Waals surface area contributed by atoms with E-state index in [1.807, 2.05) is 0 Å². The number of nitrogens with one attached hydrogen (secondary N) is 1. The van der Waals surface area contributed by atoms with E-state index in [0.717, 1.165) is 6.54 Å². The third kappa shape index (κ3) is 3.15. The summed E-state index contributed by atoms with van der Waals surface area (Å²) in [6.45, 7) is 4.35. The number of hydrogen-bond acceptors (Lipinski definition) is 4. The summed E-state index contributed by atoms with van der Waals surface area (Å²) in [5.74, 6) is 0. The van der Waals surface area contributed by atoms with Gasteiger partial charge in [-0.05, 0) is 30.1 Å². The molecule has 2 nitrogen and oxygen atoms in total. The number of ether oxygens (including phenoxy) is 1. The minimum atomic E-state index is 0.628. The molecule has 4 heteroatoms. The van der Waals surface area contributed by atoms with Crippen LogP contribution in [-0.4, -0.2) is 13.3 Å². The van der Waals surface area contributed by atoms with Crippen LogP contribution in [-0.2, 0) is 11.3 Å². The Morgan fingerprint density at radius 2 is 2.19 bits per heavy atom. The van der Waals surface area contributed by atoms with Crippen molar-refractivity contribution in [3.05, 3.63) is 34.5 Å². The molecule has 0 radical (unpaired) electrons. The Balaban J connectivity index is 1.88. The van der Waals surface area contributed by atoms with E-state index in [0.29, 0.717) is 13.3 Å². The number of thiophene rings is 2. The first-order chi connectivity index (χ1) is 7.90. The van der Waals surface area contributed by atoms with Crippen LogP contribution < -0.4 is 5.32 Å². The quantitative estimate of drug-likeness (QED) is 0.628. The van der Waals surface area contributed by atoms with Crippen LogP contribution in [0.5, 0.6) is 0 Å². The molecule has 0 aliphatic carbocycles. The maximum absolute atomic E-state index is 5.49. The summed E-state index contributed by atoms with van der Waals surface area (Å²) in [6.07, 6.45) is 0. The van der Waals surface area contributed by atoms with Gasteiger partial charge in [0.2, 0.25) is 0 Å². The molecule has 0 atom stereocenters. The highest BCUT2D eigenvalue weighted by Crippen LogP contribution is 2.31. The highest BCUT2D eigenvalue weighted by Gasteiger charge is 2.03. The zero-order valence-corrected chi connectivity index (χ0v) is 10.9. The fraction of sp³-hybridized carbons (Fsp3) is 0.333. The summed E-state index contributed by atoms with van der Waals surface area (Å²) in [5.41, 5.74) is 0. The number of hydrogen-bond donors (Lipinski definition) is 1. The third-order valence-corrected chi connectivity index (χ3v) is 4.25. The maximum Gasteiger partial charge on any atom is 0.0970 e. The van der Waals surface area contributed by atoms with Crippen molar-refractivity contribution in [2.24, 2.45) is 0 Å². The van der Waals surface area contributed by atoms with E-state index in [1.165, 1.54) is 14.6 Å². The monoisotopic (exact) mass is 253 g/mol. The van der Waals surface area contributed by atoms with Crippen LogP contribution in [0.3, 0.4) is 0 Å². The Labute approximate surface area is 104 Å². The summed E-state index contributed by atoms with van der Waals surface area (Å²) < 4.78 is 5.49. The van der Waals surface area contributed by atoms with Crippen LogP contribution in [0.15, 0.2) is 29.6 Å². The van der Waals surface area contributed by atoms with Crippen molar-refractivity contribution in [3.8, 4) is 9.75 Å². The first-order valence-electron chi connectivity index (χ1n) is 5.31. The molecule has 0 saturated heterocycles. The molecule has 0 fully saturated rings. The van der Waals surface area contributed by atoms with Crippen molar-refractivity contribution in [2.75, 3.05) is 13.3 Å². The lowest BCUT2D eigenvalue weighted by Crippen LogP contribution is -2.16. The fourth-order valence-corrected chi connectivity index (χ4v) is 3.11. The van der Waals surface area contributed by atoms with Gasteiger partial charge in [-0.25, -0.2) is 0 Å². The van der Waals surface area contributed by atoms with E-state index in [2.05, 4.69) is 41.9 Å². The van der Waals surface area contributed by atoms with Gasteiger partial charge in [0.15, 0.2) is 0 Å². The lowest BCUT2D eigenvalue weighted by atomic mass is 10.4.